The van der Waals surface area contributed by atoms with E-state index in [0.29, 0.717) is 24.3 Å². The van der Waals surface area contributed by atoms with Gasteiger partial charge in [-0.2, -0.15) is 0 Å². The molecule has 1 aliphatic heterocycles. The number of hydrogen-bond donors (Lipinski definition) is 1. The molecule has 2 aromatic rings. The highest BCUT2D eigenvalue weighted by Gasteiger charge is 2.25. The summed E-state index contributed by atoms with van der Waals surface area (Å²) in [5, 5.41) is 3.01. The first-order valence-electron chi connectivity index (χ1n) is 7.61. The molecule has 0 saturated carbocycles. The summed E-state index contributed by atoms with van der Waals surface area (Å²) in [5.74, 6) is -0.104. The van der Waals surface area contributed by atoms with E-state index in [-0.39, 0.29) is 17.9 Å². The van der Waals surface area contributed by atoms with E-state index in [1.807, 2.05) is 4.90 Å². The Kier molecular flexibility index (Phi) is 4.36. The van der Waals surface area contributed by atoms with Crippen LogP contribution in [-0.2, 0) is 7.05 Å². The van der Waals surface area contributed by atoms with E-state index in [2.05, 4.69) is 15.3 Å². The molecule has 2 amide bonds. The second kappa shape index (κ2) is 6.60. The van der Waals surface area contributed by atoms with E-state index in [4.69, 9.17) is 0 Å². The maximum atomic E-state index is 12.4. The molecule has 0 aromatic carbocycles. The van der Waals surface area contributed by atoms with Gasteiger partial charge in [-0.1, -0.05) is 0 Å². The van der Waals surface area contributed by atoms with Crippen LogP contribution in [0.15, 0.2) is 37.1 Å². The van der Waals surface area contributed by atoms with Crippen LogP contribution < -0.4 is 5.32 Å². The third kappa shape index (κ3) is 3.39. The molecule has 1 saturated heterocycles. The predicted molar refractivity (Wildman–Crippen MR) is 83.8 cm³/mol. The van der Waals surface area contributed by atoms with Crippen LogP contribution in [-0.4, -0.2) is 50.4 Å². The first-order valence-corrected chi connectivity index (χ1v) is 7.61. The monoisotopic (exact) mass is 313 g/mol. The number of aromatic nitrogens is 3. The second-order valence-corrected chi connectivity index (χ2v) is 5.67. The van der Waals surface area contributed by atoms with Gasteiger partial charge in [0.15, 0.2) is 0 Å². The van der Waals surface area contributed by atoms with Gasteiger partial charge in [-0.3, -0.25) is 14.6 Å². The number of nitrogens with zero attached hydrogens (tertiary/aromatic N) is 4. The summed E-state index contributed by atoms with van der Waals surface area (Å²) >= 11 is 0. The molecular formula is C16H19N5O2. The highest BCUT2D eigenvalue weighted by atomic mass is 16.2. The number of piperidine rings is 1. The van der Waals surface area contributed by atoms with Crippen molar-refractivity contribution < 1.29 is 9.59 Å². The Labute approximate surface area is 134 Å². The largest absolute Gasteiger partial charge is 0.348 e. The van der Waals surface area contributed by atoms with Crippen molar-refractivity contribution in [1.82, 2.24) is 24.8 Å². The smallest absolute Gasteiger partial charge is 0.269 e. The van der Waals surface area contributed by atoms with Crippen molar-refractivity contribution in [2.24, 2.45) is 7.05 Å². The summed E-state index contributed by atoms with van der Waals surface area (Å²) in [5.41, 5.74) is 1.19. The third-order valence-corrected chi connectivity index (χ3v) is 4.09. The Morgan fingerprint density at radius 3 is 2.48 bits per heavy atom. The lowest BCUT2D eigenvalue weighted by atomic mass is 10.0. The van der Waals surface area contributed by atoms with E-state index in [1.165, 1.54) is 0 Å². The number of carbonyl (C=O) groups excluding carboxylic acids is 2. The molecule has 0 atom stereocenters. The van der Waals surface area contributed by atoms with Crippen LogP contribution in [0.4, 0.5) is 0 Å². The third-order valence-electron chi connectivity index (χ3n) is 4.09. The lowest BCUT2D eigenvalue weighted by Gasteiger charge is -2.32. The van der Waals surface area contributed by atoms with Gasteiger partial charge in [-0.15, -0.1) is 0 Å². The number of nitrogens with one attached hydrogen (secondary N) is 1. The van der Waals surface area contributed by atoms with Gasteiger partial charge in [0.1, 0.15) is 5.69 Å². The van der Waals surface area contributed by atoms with E-state index in [0.717, 1.165) is 12.8 Å². The maximum absolute atomic E-state index is 12.4. The van der Waals surface area contributed by atoms with Gasteiger partial charge in [0.05, 0.1) is 12.5 Å². The van der Waals surface area contributed by atoms with Crippen molar-refractivity contribution in [2.75, 3.05) is 13.1 Å². The minimum Gasteiger partial charge on any atom is -0.348 e. The van der Waals surface area contributed by atoms with Crippen molar-refractivity contribution in [3.63, 3.8) is 0 Å². The van der Waals surface area contributed by atoms with Crippen LogP contribution in [0, 0.1) is 0 Å². The standard InChI is InChI=1S/C16H19N5O2/c1-20-11-18-10-14(20)15(22)19-13-4-8-21(9-5-13)16(23)12-2-6-17-7-3-12/h2-3,6-7,10-11,13H,4-5,8-9H2,1H3,(H,19,22). The number of aryl methyl sites for hydroxylation is 1. The minimum atomic E-state index is -0.121. The highest BCUT2D eigenvalue weighted by Crippen LogP contribution is 2.14. The molecule has 2 aromatic heterocycles. The van der Waals surface area contributed by atoms with Crippen LogP contribution in [0.3, 0.4) is 0 Å². The lowest BCUT2D eigenvalue weighted by Crippen LogP contribution is -2.46. The van der Waals surface area contributed by atoms with Crippen LogP contribution in [0.1, 0.15) is 33.7 Å². The van der Waals surface area contributed by atoms with Gasteiger partial charge in [0.25, 0.3) is 11.8 Å². The molecule has 120 valence electrons. The van der Waals surface area contributed by atoms with E-state index < -0.39 is 0 Å². The normalized spacial score (nSPS) is 15.4. The summed E-state index contributed by atoms with van der Waals surface area (Å²) in [6.07, 6.45) is 7.89. The minimum absolute atomic E-state index is 0.0174. The van der Waals surface area contributed by atoms with E-state index >= 15 is 0 Å². The highest BCUT2D eigenvalue weighted by molar-refractivity contribution is 5.94. The Hall–Kier alpha value is -2.70. The fourth-order valence-electron chi connectivity index (χ4n) is 2.74. The molecule has 23 heavy (non-hydrogen) atoms. The zero-order valence-corrected chi connectivity index (χ0v) is 13.0. The second-order valence-electron chi connectivity index (χ2n) is 5.67. The molecular weight excluding hydrogens is 294 g/mol. The van der Waals surface area contributed by atoms with Gasteiger partial charge in [-0.25, -0.2) is 4.98 Å². The number of rotatable bonds is 3. The SMILES string of the molecule is Cn1cncc1C(=O)NC1CCN(C(=O)c2ccncc2)CC1. The lowest BCUT2D eigenvalue weighted by molar-refractivity contribution is 0.0697. The molecule has 1 aliphatic rings. The molecule has 7 heteroatoms. The first-order chi connectivity index (χ1) is 11.1. The Morgan fingerprint density at radius 1 is 1.17 bits per heavy atom. The molecule has 0 spiro atoms. The molecule has 0 unspecified atom stereocenters. The quantitative estimate of drug-likeness (QED) is 0.911. The summed E-state index contributed by atoms with van der Waals surface area (Å²) < 4.78 is 1.69. The number of pyridine rings is 1. The van der Waals surface area contributed by atoms with Gasteiger partial charge in [0.2, 0.25) is 0 Å². The van der Waals surface area contributed by atoms with E-state index in [9.17, 15) is 9.59 Å². The van der Waals surface area contributed by atoms with Crippen molar-refractivity contribution >= 4 is 11.8 Å². The Balaban J connectivity index is 1.54. The van der Waals surface area contributed by atoms with Crippen LogP contribution in [0.25, 0.3) is 0 Å². The fourth-order valence-corrected chi connectivity index (χ4v) is 2.74. The average Bonchev–Trinajstić information content (AvgIpc) is 3.02. The van der Waals surface area contributed by atoms with Crippen molar-refractivity contribution in [2.45, 2.75) is 18.9 Å². The Bertz CT molecular complexity index is 690. The topological polar surface area (TPSA) is 80.1 Å². The van der Waals surface area contributed by atoms with Crippen molar-refractivity contribution in [3.8, 4) is 0 Å². The number of likely N-dealkylation sites (tertiary alicyclic amines) is 1. The summed E-state index contributed by atoms with van der Waals surface area (Å²) in [7, 11) is 1.79. The average molecular weight is 313 g/mol. The zero-order chi connectivity index (χ0) is 16.2. The molecule has 0 bridgehead atoms. The molecule has 1 fully saturated rings. The number of carbonyl (C=O) groups is 2. The molecule has 3 heterocycles. The Morgan fingerprint density at radius 2 is 1.87 bits per heavy atom. The number of hydrogen-bond acceptors (Lipinski definition) is 4. The van der Waals surface area contributed by atoms with Crippen molar-refractivity contribution in [1.29, 1.82) is 0 Å². The maximum Gasteiger partial charge on any atom is 0.269 e. The number of amides is 2. The van der Waals surface area contributed by atoms with E-state index in [1.54, 1.807) is 48.7 Å². The fraction of sp³-hybridized carbons (Fsp3) is 0.375. The van der Waals surface area contributed by atoms with Gasteiger partial charge >= 0.3 is 0 Å². The van der Waals surface area contributed by atoms with Crippen molar-refractivity contribution in [3.05, 3.63) is 48.3 Å². The summed E-state index contributed by atoms with van der Waals surface area (Å²) in [6.45, 7) is 1.27. The van der Waals surface area contributed by atoms with Gasteiger partial charge in [0, 0.05) is 44.1 Å². The van der Waals surface area contributed by atoms with Crippen LogP contribution >= 0.6 is 0 Å². The molecule has 0 aliphatic carbocycles. The van der Waals surface area contributed by atoms with Crippen LogP contribution in [0.5, 0.6) is 0 Å². The molecule has 0 radical (unpaired) electrons. The van der Waals surface area contributed by atoms with Crippen LogP contribution in [0.2, 0.25) is 0 Å². The predicted octanol–water partition coefficient (Wildman–Crippen LogP) is 0.850. The van der Waals surface area contributed by atoms with Gasteiger partial charge < -0.3 is 14.8 Å². The summed E-state index contributed by atoms with van der Waals surface area (Å²) in [4.78, 5) is 34.2. The first kappa shape index (κ1) is 15.2. The number of imidazole rings is 1. The molecule has 7 nitrogen and oxygen atoms in total. The zero-order valence-electron chi connectivity index (χ0n) is 13.0. The summed E-state index contributed by atoms with van der Waals surface area (Å²) in [6, 6.07) is 3.52. The molecule has 1 N–H and O–H groups in total. The molecule has 3 rings (SSSR count). The van der Waals surface area contributed by atoms with Gasteiger partial charge in [-0.05, 0) is 25.0 Å².